The number of anilines is 6. The molecule has 0 bridgehead atoms. The van der Waals surface area contributed by atoms with Crippen LogP contribution < -0.4 is 26.2 Å². The van der Waals surface area contributed by atoms with Gasteiger partial charge in [0.2, 0.25) is 23.5 Å². The maximum absolute atomic E-state index is 7.55. The normalized spacial score (nSPS) is 12.8. The van der Waals surface area contributed by atoms with E-state index in [-0.39, 0.29) is 0 Å². The average molecular weight is 1130 g/mol. The molecule has 17 aromatic rings. The van der Waals surface area contributed by atoms with Gasteiger partial charge in [0.05, 0.1) is 11.1 Å². The first-order valence-electron chi connectivity index (χ1n) is 29.8. The standard InChI is InChI=1S/C79H47BN2O6/c1-5-25-47(26-6-1)66-52-33-13-19-39-60(52)83-74(66)70(75-67(48-27-7-2-8-28-48)53-34-14-20-40-61(53)84-75)51-45-58-73-59(46-51)82(77-69(50-31-11-4-12-32-50)55-36-16-22-42-63(55)86-77)79-72(57-38-18-24-44-65(57)88-79)80(73)71-56-37-17-23-43-64(56)87-78(71)81(58)76-68(49-29-9-3-10-30-49)54-35-15-21-41-62(54)85-76/h1-46,70H. The zero-order valence-corrected chi connectivity index (χ0v) is 47.1. The van der Waals surface area contributed by atoms with Crippen LogP contribution in [-0.2, 0) is 0 Å². The topological polar surface area (TPSA) is 85.3 Å². The van der Waals surface area contributed by atoms with Gasteiger partial charge in [-0.05, 0) is 81.8 Å². The van der Waals surface area contributed by atoms with Gasteiger partial charge in [0.1, 0.15) is 50.9 Å². The maximum Gasteiger partial charge on any atom is 0.262 e. The Kier molecular flexibility index (Phi) is 10.5. The first kappa shape index (κ1) is 48.7. The maximum atomic E-state index is 7.55. The summed E-state index contributed by atoms with van der Waals surface area (Å²) in [4.78, 5) is 4.51. The summed E-state index contributed by atoms with van der Waals surface area (Å²) in [6.45, 7) is -0.450. The number of fused-ring (bicyclic) bond motifs is 12. The number of hydrogen-bond donors (Lipinski definition) is 0. The molecule has 2 aliphatic heterocycles. The predicted octanol–water partition coefficient (Wildman–Crippen LogP) is 20.1. The van der Waals surface area contributed by atoms with Gasteiger partial charge in [-0.15, -0.1) is 0 Å². The van der Waals surface area contributed by atoms with E-state index in [0.717, 1.165) is 144 Å². The lowest BCUT2D eigenvalue weighted by Crippen LogP contribution is -2.60. The molecule has 11 aromatic carbocycles. The Hall–Kier alpha value is -11.7. The second-order valence-corrected chi connectivity index (χ2v) is 22.8. The van der Waals surface area contributed by atoms with Crippen molar-refractivity contribution in [2.75, 3.05) is 9.80 Å². The zero-order chi connectivity index (χ0) is 57.6. The second-order valence-electron chi connectivity index (χ2n) is 22.8. The molecular weight excluding hydrogens is 1080 g/mol. The number of nitrogens with zero attached hydrogens (tertiary/aromatic N) is 2. The average Bonchev–Trinajstić information content (AvgIpc) is 1.40. The number of benzene rings is 11. The van der Waals surface area contributed by atoms with Crippen LogP contribution in [0.5, 0.6) is 0 Å². The minimum absolute atomic E-state index is 0.450. The van der Waals surface area contributed by atoms with E-state index >= 15 is 0 Å². The van der Waals surface area contributed by atoms with Crippen LogP contribution in [-0.4, -0.2) is 6.71 Å². The fraction of sp³-hybridized carbons (Fsp3) is 0.0127. The molecule has 0 saturated heterocycles. The SMILES string of the molecule is c1ccc(-c2c(C(c3cc4c5c(c3)N(c3oc6ccccc6c3-c3ccccc3)c3oc6ccccc6c3B5c3c(oc5ccccc35)N4c3oc4ccccc4c3-c3ccccc3)c3oc4ccccc4c3-c3ccccc3)oc3ccccc23)cc1. The van der Waals surface area contributed by atoms with E-state index in [1.807, 2.05) is 36.4 Å². The largest absolute Gasteiger partial charge is 0.459 e. The smallest absolute Gasteiger partial charge is 0.262 e. The Labute approximate surface area is 504 Å². The van der Waals surface area contributed by atoms with Crippen molar-refractivity contribution in [3.05, 3.63) is 296 Å². The fourth-order valence-electron chi connectivity index (χ4n) is 14.4. The van der Waals surface area contributed by atoms with Gasteiger partial charge in [-0.3, -0.25) is 9.80 Å². The van der Waals surface area contributed by atoms with Crippen LogP contribution in [0.25, 0.3) is 110 Å². The summed E-state index contributed by atoms with van der Waals surface area (Å²) in [7, 11) is 0. The summed E-state index contributed by atoms with van der Waals surface area (Å²) >= 11 is 0. The highest BCUT2D eigenvalue weighted by molar-refractivity contribution is 7.02. The summed E-state index contributed by atoms with van der Waals surface area (Å²) in [5.41, 5.74) is 17.8. The number of hydrogen-bond acceptors (Lipinski definition) is 8. The lowest BCUT2D eigenvalue weighted by Gasteiger charge is -2.40. The van der Waals surface area contributed by atoms with Crippen molar-refractivity contribution in [2.24, 2.45) is 0 Å². The highest BCUT2D eigenvalue weighted by Gasteiger charge is 2.51. The first-order chi connectivity index (χ1) is 43.7. The zero-order valence-electron chi connectivity index (χ0n) is 47.1. The Morgan fingerprint density at radius 1 is 0.250 bits per heavy atom. The summed E-state index contributed by atoms with van der Waals surface area (Å²) in [6.07, 6.45) is 0. The minimum Gasteiger partial charge on any atom is -0.459 e. The lowest BCUT2D eigenvalue weighted by atomic mass is 9.33. The van der Waals surface area contributed by atoms with Gasteiger partial charge in [0.25, 0.3) is 6.71 Å². The van der Waals surface area contributed by atoms with E-state index in [0.29, 0.717) is 35.1 Å². The lowest BCUT2D eigenvalue weighted by molar-refractivity contribution is 0.486. The molecule has 19 rings (SSSR count). The van der Waals surface area contributed by atoms with Gasteiger partial charge in [-0.2, -0.15) is 0 Å². The molecule has 0 amide bonds. The van der Waals surface area contributed by atoms with Gasteiger partial charge in [-0.25, -0.2) is 0 Å². The molecule has 2 aliphatic rings. The van der Waals surface area contributed by atoms with Crippen molar-refractivity contribution >= 4 is 124 Å². The third-order valence-electron chi connectivity index (χ3n) is 18.1. The van der Waals surface area contributed by atoms with Gasteiger partial charge >= 0.3 is 0 Å². The molecule has 6 aromatic heterocycles. The molecule has 9 heteroatoms. The third-order valence-corrected chi connectivity index (χ3v) is 18.1. The highest BCUT2D eigenvalue weighted by Crippen LogP contribution is 2.57. The van der Waals surface area contributed by atoms with Crippen molar-refractivity contribution in [1.29, 1.82) is 0 Å². The van der Waals surface area contributed by atoms with Crippen LogP contribution in [0, 0.1) is 0 Å². The van der Waals surface area contributed by atoms with E-state index in [2.05, 4.69) is 252 Å². The highest BCUT2D eigenvalue weighted by atomic mass is 16.4. The van der Waals surface area contributed by atoms with Crippen LogP contribution in [0.1, 0.15) is 23.0 Å². The predicted molar refractivity (Wildman–Crippen MR) is 355 cm³/mol. The van der Waals surface area contributed by atoms with E-state index in [1.165, 1.54) is 0 Å². The Morgan fingerprint density at radius 3 is 0.886 bits per heavy atom. The Morgan fingerprint density at radius 2 is 0.523 bits per heavy atom. The molecule has 0 unspecified atom stereocenters. The van der Waals surface area contributed by atoms with Crippen molar-refractivity contribution in [3.8, 4) is 44.5 Å². The molecule has 0 saturated carbocycles. The molecule has 0 radical (unpaired) electrons. The third kappa shape index (κ3) is 7.04. The van der Waals surface area contributed by atoms with Crippen LogP contribution in [0.2, 0.25) is 0 Å². The summed E-state index contributed by atoms with van der Waals surface area (Å²) in [5.74, 6) is 3.18. The number of para-hydroxylation sites is 6. The quantitative estimate of drug-likeness (QED) is 0.132. The Balaban J connectivity index is 1.03. The summed E-state index contributed by atoms with van der Waals surface area (Å²) < 4.78 is 45.0. The monoisotopic (exact) mass is 1130 g/mol. The Bertz CT molecular complexity index is 5270. The molecule has 0 spiro atoms. The molecule has 0 atom stereocenters. The van der Waals surface area contributed by atoms with E-state index in [1.54, 1.807) is 0 Å². The minimum atomic E-state index is -0.725. The van der Waals surface area contributed by atoms with Crippen LogP contribution >= 0.6 is 0 Å². The molecule has 0 N–H and O–H groups in total. The van der Waals surface area contributed by atoms with Crippen molar-refractivity contribution in [3.63, 3.8) is 0 Å². The van der Waals surface area contributed by atoms with E-state index in [4.69, 9.17) is 26.5 Å². The number of rotatable bonds is 9. The van der Waals surface area contributed by atoms with E-state index in [9.17, 15) is 0 Å². The van der Waals surface area contributed by atoms with Crippen LogP contribution in [0.15, 0.2) is 306 Å². The van der Waals surface area contributed by atoms with Crippen LogP contribution in [0.3, 0.4) is 0 Å². The molecular formula is C79H47BN2O6. The van der Waals surface area contributed by atoms with Crippen LogP contribution in [0.4, 0.5) is 34.9 Å². The molecule has 8 nitrogen and oxygen atoms in total. The molecule has 88 heavy (non-hydrogen) atoms. The molecule has 412 valence electrons. The second kappa shape index (κ2) is 18.9. The van der Waals surface area contributed by atoms with Gasteiger partial charge in [0, 0.05) is 65.7 Å². The van der Waals surface area contributed by atoms with Crippen molar-refractivity contribution in [2.45, 2.75) is 5.92 Å². The van der Waals surface area contributed by atoms with Crippen molar-refractivity contribution < 1.29 is 26.5 Å². The molecule has 8 heterocycles. The first-order valence-corrected chi connectivity index (χ1v) is 29.8. The van der Waals surface area contributed by atoms with E-state index < -0.39 is 12.6 Å². The van der Waals surface area contributed by atoms with Gasteiger partial charge < -0.3 is 26.5 Å². The van der Waals surface area contributed by atoms with Crippen molar-refractivity contribution in [1.82, 2.24) is 0 Å². The summed E-state index contributed by atoms with van der Waals surface area (Å²) in [6, 6.07) is 97.1. The fourth-order valence-corrected chi connectivity index (χ4v) is 14.4. The summed E-state index contributed by atoms with van der Waals surface area (Å²) in [5, 5.41) is 5.86. The molecule has 0 aliphatic carbocycles. The number of furan rings is 6. The molecule has 0 fully saturated rings. The van der Waals surface area contributed by atoms with Gasteiger partial charge in [0.15, 0.2) is 0 Å². The van der Waals surface area contributed by atoms with Gasteiger partial charge in [-0.1, -0.05) is 231 Å².